The van der Waals surface area contributed by atoms with Crippen LogP contribution in [0.15, 0.2) is 67.1 Å². The standard InChI is InChI=1S/C25H19F3N6O2/c26-15-2-1-3-16(7-15)33-24(35)14-6-18-17(8-19(29)23(18)31-9-14)13-4-5-22-30-10-20(34(22)12-13)25(36)32-11-21(27)28/h1-10,12,19,21H,11,29H2,(H,32,36)(H,33,35)/t19-/m0/s1. The van der Waals surface area contributed by atoms with E-state index in [0.29, 0.717) is 33.7 Å². The van der Waals surface area contributed by atoms with Crippen LogP contribution in [0.25, 0.3) is 11.2 Å². The summed E-state index contributed by atoms with van der Waals surface area (Å²) in [5, 5.41) is 4.81. The van der Waals surface area contributed by atoms with Crippen LogP contribution in [-0.2, 0) is 0 Å². The highest BCUT2D eigenvalue weighted by Crippen LogP contribution is 2.36. The van der Waals surface area contributed by atoms with Gasteiger partial charge in [0.25, 0.3) is 18.2 Å². The number of anilines is 1. The van der Waals surface area contributed by atoms with Gasteiger partial charge in [-0.2, -0.15) is 0 Å². The van der Waals surface area contributed by atoms with E-state index < -0.39 is 36.6 Å². The lowest BCUT2D eigenvalue weighted by molar-refractivity contribution is 0.0886. The highest BCUT2D eigenvalue weighted by atomic mass is 19.3. The van der Waals surface area contributed by atoms with Gasteiger partial charge < -0.3 is 16.4 Å². The minimum Gasteiger partial charge on any atom is -0.345 e. The van der Waals surface area contributed by atoms with E-state index in [9.17, 15) is 22.8 Å². The number of amides is 2. The molecule has 1 atom stereocenters. The maximum absolute atomic E-state index is 13.5. The van der Waals surface area contributed by atoms with Gasteiger partial charge in [-0.1, -0.05) is 12.1 Å². The quantitative estimate of drug-likeness (QED) is 0.381. The number of imidazole rings is 1. The molecule has 0 bridgehead atoms. The lowest BCUT2D eigenvalue weighted by atomic mass is 10.0. The zero-order valence-electron chi connectivity index (χ0n) is 18.6. The molecule has 1 aromatic carbocycles. The number of halogens is 3. The first-order chi connectivity index (χ1) is 17.3. The topological polar surface area (TPSA) is 114 Å². The third kappa shape index (κ3) is 4.43. The molecule has 3 aromatic heterocycles. The molecule has 182 valence electrons. The van der Waals surface area contributed by atoms with Crippen LogP contribution in [0, 0.1) is 5.82 Å². The SMILES string of the molecule is N[C@H]1C=C(c2ccc3ncc(C(=O)NCC(F)F)n3c2)c2cc(C(=O)Nc3cccc(F)c3)cnc21. The van der Waals surface area contributed by atoms with Crippen molar-refractivity contribution >= 4 is 28.7 Å². The molecule has 4 aromatic rings. The van der Waals surface area contributed by atoms with Crippen molar-refractivity contribution in [1.82, 2.24) is 19.7 Å². The normalized spacial score (nSPS) is 14.6. The molecular weight excluding hydrogens is 473 g/mol. The molecule has 8 nitrogen and oxygen atoms in total. The van der Waals surface area contributed by atoms with Crippen LogP contribution in [-0.4, -0.2) is 39.2 Å². The number of nitrogens with one attached hydrogen (secondary N) is 2. The Morgan fingerprint density at radius 3 is 2.69 bits per heavy atom. The van der Waals surface area contributed by atoms with Gasteiger partial charge >= 0.3 is 0 Å². The summed E-state index contributed by atoms with van der Waals surface area (Å²) >= 11 is 0. The van der Waals surface area contributed by atoms with Crippen LogP contribution in [0.4, 0.5) is 18.9 Å². The lowest BCUT2D eigenvalue weighted by Crippen LogP contribution is -2.29. The molecule has 1 aliphatic rings. The number of alkyl halides is 2. The van der Waals surface area contributed by atoms with Gasteiger partial charge in [0.2, 0.25) is 0 Å². The van der Waals surface area contributed by atoms with E-state index in [0.717, 1.165) is 0 Å². The first-order valence-corrected chi connectivity index (χ1v) is 10.9. The Kier molecular flexibility index (Phi) is 5.98. The lowest BCUT2D eigenvalue weighted by Gasteiger charge is -2.11. The van der Waals surface area contributed by atoms with Gasteiger partial charge in [0.05, 0.1) is 30.0 Å². The summed E-state index contributed by atoms with van der Waals surface area (Å²) in [4.78, 5) is 33.7. The summed E-state index contributed by atoms with van der Waals surface area (Å²) < 4.78 is 40.0. The van der Waals surface area contributed by atoms with E-state index in [4.69, 9.17) is 5.73 Å². The van der Waals surface area contributed by atoms with Crippen molar-refractivity contribution in [3.8, 4) is 0 Å². The summed E-state index contributed by atoms with van der Waals surface area (Å²) in [5.74, 6) is -1.64. The second-order valence-corrected chi connectivity index (χ2v) is 8.12. The van der Waals surface area contributed by atoms with Gasteiger partial charge in [0.15, 0.2) is 0 Å². The van der Waals surface area contributed by atoms with Crippen molar-refractivity contribution in [2.75, 3.05) is 11.9 Å². The van der Waals surface area contributed by atoms with Gasteiger partial charge in [0.1, 0.15) is 17.2 Å². The average molecular weight is 492 g/mol. The smallest absolute Gasteiger partial charge is 0.270 e. The molecule has 0 spiro atoms. The van der Waals surface area contributed by atoms with E-state index >= 15 is 0 Å². The Morgan fingerprint density at radius 1 is 1.08 bits per heavy atom. The van der Waals surface area contributed by atoms with Crippen molar-refractivity contribution < 1.29 is 22.8 Å². The van der Waals surface area contributed by atoms with Crippen molar-refractivity contribution in [2.45, 2.75) is 12.5 Å². The maximum Gasteiger partial charge on any atom is 0.270 e. The molecular formula is C25H19F3N6O2. The van der Waals surface area contributed by atoms with Crippen molar-refractivity contribution in [3.63, 3.8) is 0 Å². The highest BCUT2D eigenvalue weighted by molar-refractivity contribution is 6.05. The zero-order chi connectivity index (χ0) is 25.4. The Hall–Kier alpha value is -4.51. The Labute approximate surface area is 202 Å². The number of hydrogen-bond acceptors (Lipinski definition) is 5. The molecule has 4 N–H and O–H groups in total. The summed E-state index contributed by atoms with van der Waals surface area (Å²) in [6.07, 6.45) is 3.45. The molecule has 0 unspecified atom stereocenters. The molecule has 2 amide bonds. The van der Waals surface area contributed by atoms with Crippen LogP contribution in [0.2, 0.25) is 0 Å². The largest absolute Gasteiger partial charge is 0.345 e. The number of pyridine rings is 2. The van der Waals surface area contributed by atoms with E-state index in [1.165, 1.54) is 35.0 Å². The van der Waals surface area contributed by atoms with Crippen LogP contribution in [0.3, 0.4) is 0 Å². The van der Waals surface area contributed by atoms with Gasteiger partial charge in [-0.05, 0) is 47.5 Å². The molecule has 0 fully saturated rings. The Morgan fingerprint density at radius 2 is 1.92 bits per heavy atom. The fourth-order valence-electron chi connectivity index (χ4n) is 4.02. The summed E-state index contributed by atoms with van der Waals surface area (Å²) in [6, 6.07) is 10.1. The monoisotopic (exact) mass is 492 g/mol. The average Bonchev–Trinajstić information content (AvgIpc) is 3.43. The summed E-state index contributed by atoms with van der Waals surface area (Å²) in [5.41, 5.74) is 9.85. The number of hydrogen-bond donors (Lipinski definition) is 3. The molecule has 3 heterocycles. The molecule has 11 heteroatoms. The molecule has 1 aliphatic carbocycles. The third-order valence-corrected chi connectivity index (χ3v) is 5.68. The Balaban J connectivity index is 1.47. The van der Waals surface area contributed by atoms with Crippen LogP contribution < -0.4 is 16.4 Å². The second kappa shape index (κ2) is 9.27. The Bertz CT molecular complexity index is 1530. The number of carbonyl (C=O) groups is 2. The fourth-order valence-corrected chi connectivity index (χ4v) is 4.02. The maximum atomic E-state index is 13.5. The predicted octanol–water partition coefficient (Wildman–Crippen LogP) is 3.56. The first-order valence-electron chi connectivity index (χ1n) is 10.9. The third-order valence-electron chi connectivity index (χ3n) is 5.68. The number of nitrogens with zero attached hydrogens (tertiary/aromatic N) is 3. The van der Waals surface area contributed by atoms with Gasteiger partial charge in [-0.3, -0.25) is 19.0 Å². The van der Waals surface area contributed by atoms with Gasteiger partial charge in [0, 0.05) is 23.6 Å². The van der Waals surface area contributed by atoms with E-state index in [2.05, 4.69) is 20.6 Å². The molecule has 36 heavy (non-hydrogen) atoms. The minimum absolute atomic E-state index is 0.0944. The number of carbonyl (C=O) groups excluding carboxylic acids is 2. The van der Waals surface area contributed by atoms with Gasteiger partial charge in [-0.15, -0.1) is 0 Å². The number of benzene rings is 1. The van der Waals surface area contributed by atoms with Crippen molar-refractivity contribution in [3.05, 3.63) is 101 Å². The van der Waals surface area contributed by atoms with E-state index in [1.807, 2.05) is 0 Å². The number of rotatable bonds is 6. The van der Waals surface area contributed by atoms with Crippen molar-refractivity contribution in [2.24, 2.45) is 5.73 Å². The molecule has 0 saturated heterocycles. The van der Waals surface area contributed by atoms with Crippen LogP contribution in [0.1, 0.15) is 43.7 Å². The number of nitrogens with two attached hydrogens (primary N) is 1. The van der Waals surface area contributed by atoms with Crippen LogP contribution in [0.5, 0.6) is 0 Å². The summed E-state index contributed by atoms with van der Waals surface area (Å²) in [6.45, 7) is -0.773. The highest BCUT2D eigenvalue weighted by Gasteiger charge is 2.25. The molecule has 0 radical (unpaired) electrons. The second-order valence-electron chi connectivity index (χ2n) is 8.12. The van der Waals surface area contributed by atoms with Crippen molar-refractivity contribution in [1.29, 1.82) is 0 Å². The molecule has 0 saturated carbocycles. The van der Waals surface area contributed by atoms with Gasteiger partial charge in [-0.25, -0.2) is 18.2 Å². The number of aromatic nitrogens is 3. The minimum atomic E-state index is -2.68. The fraction of sp³-hybridized carbons (Fsp3) is 0.120. The summed E-state index contributed by atoms with van der Waals surface area (Å²) in [7, 11) is 0. The molecule has 0 aliphatic heterocycles. The van der Waals surface area contributed by atoms with E-state index in [-0.39, 0.29) is 11.3 Å². The first kappa shape index (κ1) is 23.2. The predicted molar refractivity (Wildman–Crippen MR) is 126 cm³/mol. The van der Waals surface area contributed by atoms with E-state index in [1.54, 1.807) is 36.5 Å². The van der Waals surface area contributed by atoms with Crippen LogP contribution >= 0.6 is 0 Å². The zero-order valence-corrected chi connectivity index (χ0v) is 18.6. The molecule has 5 rings (SSSR count). The number of fused-ring (bicyclic) bond motifs is 2.